The molecule has 0 aliphatic rings. The highest BCUT2D eigenvalue weighted by atomic mass is 32.2. The Morgan fingerprint density at radius 3 is 2.48 bits per heavy atom. The molecule has 0 saturated carbocycles. The van der Waals surface area contributed by atoms with Crippen LogP contribution in [0.3, 0.4) is 0 Å². The molecule has 0 spiro atoms. The molecule has 0 saturated heterocycles. The van der Waals surface area contributed by atoms with Crippen LogP contribution in [0.4, 0.5) is 5.69 Å². The van der Waals surface area contributed by atoms with Crippen molar-refractivity contribution < 1.29 is 17.9 Å². The molecule has 0 aliphatic carbocycles. The zero-order chi connectivity index (χ0) is 18.0. The quantitative estimate of drug-likeness (QED) is 0.724. The summed E-state index contributed by atoms with van der Waals surface area (Å²) in [5, 5.41) is 1.73. The van der Waals surface area contributed by atoms with Gasteiger partial charge in [0.1, 0.15) is 0 Å². The molecule has 3 aromatic rings. The minimum atomic E-state index is -3.86. The lowest BCUT2D eigenvalue weighted by atomic mass is 10.1. The van der Waals surface area contributed by atoms with E-state index in [1.807, 2.05) is 30.3 Å². The van der Waals surface area contributed by atoms with Crippen molar-refractivity contribution in [2.24, 2.45) is 0 Å². The van der Waals surface area contributed by atoms with E-state index in [2.05, 4.69) is 9.46 Å². The molecule has 25 heavy (non-hydrogen) atoms. The Hall–Kier alpha value is -2.86. The van der Waals surface area contributed by atoms with E-state index in [0.717, 1.165) is 10.8 Å². The summed E-state index contributed by atoms with van der Waals surface area (Å²) in [5.41, 5.74) is 1.22. The molecule has 0 unspecified atom stereocenters. The summed E-state index contributed by atoms with van der Waals surface area (Å²) in [5.74, 6) is -0.582. The van der Waals surface area contributed by atoms with Crippen LogP contribution in [0.5, 0.6) is 0 Å². The number of esters is 1. The van der Waals surface area contributed by atoms with E-state index >= 15 is 0 Å². The van der Waals surface area contributed by atoms with Gasteiger partial charge in [-0.25, -0.2) is 13.2 Å². The Morgan fingerprint density at radius 2 is 1.72 bits per heavy atom. The second-order valence-electron chi connectivity index (χ2n) is 5.60. The smallest absolute Gasteiger partial charge is 0.337 e. The highest BCUT2D eigenvalue weighted by Crippen LogP contribution is 2.27. The van der Waals surface area contributed by atoms with Crippen LogP contribution in [0, 0.1) is 6.92 Å². The Balaban J connectivity index is 2.06. The Bertz CT molecular complexity index is 1050. The molecular weight excluding hydrogens is 338 g/mol. The predicted octanol–water partition coefficient (Wildman–Crippen LogP) is 3.74. The summed E-state index contributed by atoms with van der Waals surface area (Å²) in [6.07, 6.45) is 0. The first-order valence-corrected chi connectivity index (χ1v) is 9.10. The number of ether oxygens (including phenoxy) is 1. The lowest BCUT2D eigenvalue weighted by Gasteiger charge is -2.13. The monoisotopic (exact) mass is 355 g/mol. The molecule has 0 amide bonds. The van der Waals surface area contributed by atoms with Crippen molar-refractivity contribution >= 4 is 32.5 Å². The molecule has 0 radical (unpaired) electrons. The molecule has 1 N–H and O–H groups in total. The van der Waals surface area contributed by atoms with Crippen LogP contribution in [0.15, 0.2) is 65.6 Å². The fraction of sp³-hybridized carbons (Fsp3) is 0.105. The number of hydrogen-bond acceptors (Lipinski definition) is 4. The topological polar surface area (TPSA) is 72.5 Å². The molecule has 3 aromatic carbocycles. The SMILES string of the molecule is COC(=O)c1ccc(C)c(S(=O)(=O)Nc2cccc3ccccc23)c1. The average Bonchev–Trinajstić information content (AvgIpc) is 2.61. The molecule has 3 rings (SSSR count). The number of fused-ring (bicyclic) bond motifs is 1. The highest BCUT2D eigenvalue weighted by molar-refractivity contribution is 7.92. The van der Waals surface area contributed by atoms with Crippen LogP contribution >= 0.6 is 0 Å². The molecule has 5 nitrogen and oxygen atoms in total. The van der Waals surface area contributed by atoms with E-state index in [4.69, 9.17) is 0 Å². The summed E-state index contributed by atoms with van der Waals surface area (Å²) in [6.45, 7) is 1.68. The second kappa shape index (κ2) is 6.57. The largest absolute Gasteiger partial charge is 0.465 e. The van der Waals surface area contributed by atoms with E-state index in [-0.39, 0.29) is 10.5 Å². The Kier molecular flexibility index (Phi) is 4.46. The van der Waals surface area contributed by atoms with Gasteiger partial charge in [-0.2, -0.15) is 0 Å². The number of carbonyl (C=O) groups is 1. The summed E-state index contributed by atoms with van der Waals surface area (Å²) in [6, 6.07) is 17.4. The third-order valence-corrected chi connectivity index (χ3v) is 5.44. The van der Waals surface area contributed by atoms with Crippen molar-refractivity contribution in [3.8, 4) is 0 Å². The minimum Gasteiger partial charge on any atom is -0.465 e. The van der Waals surface area contributed by atoms with Crippen LogP contribution in [-0.4, -0.2) is 21.5 Å². The number of benzene rings is 3. The number of aryl methyl sites for hydroxylation is 1. The van der Waals surface area contributed by atoms with Crippen LogP contribution in [-0.2, 0) is 14.8 Å². The number of nitrogens with one attached hydrogen (secondary N) is 1. The second-order valence-corrected chi connectivity index (χ2v) is 7.25. The number of methoxy groups -OCH3 is 1. The minimum absolute atomic E-state index is 0.0448. The summed E-state index contributed by atoms with van der Waals surface area (Å²) in [4.78, 5) is 11.7. The van der Waals surface area contributed by atoms with E-state index in [1.54, 1.807) is 25.1 Å². The molecule has 6 heteroatoms. The molecule has 0 fully saturated rings. The van der Waals surface area contributed by atoms with Crippen molar-refractivity contribution in [1.29, 1.82) is 0 Å². The van der Waals surface area contributed by atoms with Crippen molar-refractivity contribution in [2.45, 2.75) is 11.8 Å². The van der Waals surface area contributed by atoms with Crippen LogP contribution in [0.1, 0.15) is 15.9 Å². The molecule has 0 heterocycles. The molecular formula is C19H17NO4S. The van der Waals surface area contributed by atoms with Gasteiger partial charge in [0.15, 0.2) is 0 Å². The third kappa shape index (κ3) is 3.34. The third-order valence-electron chi connectivity index (χ3n) is 3.93. The van der Waals surface area contributed by atoms with E-state index in [9.17, 15) is 13.2 Å². The Labute approximate surface area is 146 Å². The molecule has 0 bridgehead atoms. The van der Waals surface area contributed by atoms with Crippen molar-refractivity contribution in [2.75, 3.05) is 11.8 Å². The predicted molar refractivity (Wildman–Crippen MR) is 97.3 cm³/mol. The van der Waals surface area contributed by atoms with Gasteiger partial charge < -0.3 is 4.74 Å². The molecule has 0 aromatic heterocycles. The van der Waals surface area contributed by atoms with E-state index in [0.29, 0.717) is 11.3 Å². The lowest BCUT2D eigenvalue weighted by molar-refractivity contribution is 0.0600. The number of rotatable bonds is 4. The fourth-order valence-corrected chi connectivity index (χ4v) is 4.00. The number of hydrogen-bond donors (Lipinski definition) is 1. The van der Waals surface area contributed by atoms with Gasteiger partial charge in [-0.3, -0.25) is 4.72 Å². The standard InChI is InChI=1S/C19H17NO4S/c1-13-10-11-15(19(21)24-2)12-18(13)25(22,23)20-17-9-5-7-14-6-3-4-8-16(14)17/h3-12,20H,1-2H3. The zero-order valence-corrected chi connectivity index (χ0v) is 14.6. The van der Waals surface area contributed by atoms with Gasteiger partial charge in [0.2, 0.25) is 0 Å². The zero-order valence-electron chi connectivity index (χ0n) is 13.8. The van der Waals surface area contributed by atoms with Gasteiger partial charge in [-0.1, -0.05) is 42.5 Å². The van der Waals surface area contributed by atoms with Gasteiger partial charge in [0, 0.05) is 5.39 Å². The number of carbonyl (C=O) groups excluding carboxylic acids is 1. The average molecular weight is 355 g/mol. The van der Waals surface area contributed by atoms with E-state index < -0.39 is 16.0 Å². The summed E-state index contributed by atoms with van der Waals surface area (Å²) >= 11 is 0. The maximum atomic E-state index is 12.9. The summed E-state index contributed by atoms with van der Waals surface area (Å²) < 4.78 is 33.0. The van der Waals surface area contributed by atoms with Gasteiger partial charge >= 0.3 is 5.97 Å². The van der Waals surface area contributed by atoms with Gasteiger partial charge in [-0.05, 0) is 36.1 Å². The van der Waals surface area contributed by atoms with Gasteiger partial charge in [0.05, 0.1) is 23.3 Å². The highest BCUT2D eigenvalue weighted by Gasteiger charge is 2.20. The van der Waals surface area contributed by atoms with Gasteiger partial charge in [-0.15, -0.1) is 0 Å². The molecule has 128 valence electrons. The Morgan fingerprint density at radius 1 is 1.00 bits per heavy atom. The normalized spacial score (nSPS) is 11.3. The van der Waals surface area contributed by atoms with Gasteiger partial charge in [0.25, 0.3) is 10.0 Å². The van der Waals surface area contributed by atoms with Crippen molar-refractivity contribution in [3.05, 3.63) is 71.8 Å². The molecule has 0 aliphatic heterocycles. The maximum absolute atomic E-state index is 12.9. The summed E-state index contributed by atoms with van der Waals surface area (Å²) in [7, 11) is -2.60. The maximum Gasteiger partial charge on any atom is 0.337 e. The first kappa shape index (κ1) is 17.0. The number of sulfonamides is 1. The van der Waals surface area contributed by atoms with Crippen molar-refractivity contribution in [1.82, 2.24) is 0 Å². The number of anilines is 1. The van der Waals surface area contributed by atoms with Crippen molar-refractivity contribution in [3.63, 3.8) is 0 Å². The van der Waals surface area contributed by atoms with E-state index in [1.165, 1.54) is 19.2 Å². The van der Waals surface area contributed by atoms with Crippen LogP contribution in [0.25, 0.3) is 10.8 Å². The van der Waals surface area contributed by atoms with Crippen LogP contribution in [0.2, 0.25) is 0 Å². The fourth-order valence-electron chi connectivity index (χ4n) is 2.65. The lowest BCUT2D eigenvalue weighted by Crippen LogP contribution is -2.15. The molecule has 0 atom stereocenters. The first-order chi connectivity index (χ1) is 11.9. The van der Waals surface area contributed by atoms with Crippen LogP contribution < -0.4 is 4.72 Å². The first-order valence-electron chi connectivity index (χ1n) is 7.62.